The van der Waals surface area contributed by atoms with E-state index in [1.165, 1.54) is 0 Å². The quantitative estimate of drug-likeness (QED) is 0.623. The van der Waals surface area contributed by atoms with E-state index in [1.54, 1.807) is 18.5 Å². The van der Waals surface area contributed by atoms with Crippen LogP contribution in [0.25, 0.3) is 11.4 Å². The van der Waals surface area contributed by atoms with Crippen molar-refractivity contribution in [3.05, 3.63) is 30.4 Å². The van der Waals surface area contributed by atoms with Crippen LogP contribution in [0.3, 0.4) is 0 Å². The van der Waals surface area contributed by atoms with Gasteiger partial charge in [-0.1, -0.05) is 39.8 Å². The van der Waals surface area contributed by atoms with E-state index in [4.69, 9.17) is 4.52 Å². The van der Waals surface area contributed by atoms with Gasteiger partial charge in [-0.05, 0) is 48.6 Å². The Balaban J connectivity index is 1.46. The van der Waals surface area contributed by atoms with E-state index in [1.807, 2.05) is 19.9 Å². The molecule has 10 heteroatoms. The number of aromatic nitrogens is 3. The number of hydrogen-bond donors (Lipinski definition) is 2. The Hall–Kier alpha value is -3.30. The highest BCUT2D eigenvalue weighted by molar-refractivity contribution is 6.09. The Morgan fingerprint density at radius 2 is 2.09 bits per heavy atom. The first kappa shape index (κ1) is 23.8. The zero-order valence-corrected chi connectivity index (χ0v) is 20.3. The Bertz CT molecular complexity index is 1080. The van der Waals surface area contributed by atoms with Gasteiger partial charge in [-0.2, -0.15) is 4.98 Å². The molecule has 34 heavy (non-hydrogen) atoms. The summed E-state index contributed by atoms with van der Waals surface area (Å²) < 4.78 is 5.42. The zero-order chi connectivity index (χ0) is 24.7. The molecule has 4 rings (SSSR count). The summed E-state index contributed by atoms with van der Waals surface area (Å²) in [5.41, 5.74) is -0.326. The third-order valence-corrected chi connectivity index (χ3v) is 6.54. The van der Waals surface area contributed by atoms with Gasteiger partial charge in [0.2, 0.25) is 17.6 Å². The summed E-state index contributed by atoms with van der Waals surface area (Å²) in [6.07, 6.45) is 5.39. The Morgan fingerprint density at radius 3 is 2.74 bits per heavy atom. The van der Waals surface area contributed by atoms with E-state index in [2.05, 4.69) is 46.5 Å². The molecular formula is C24H32N6O4. The molecule has 182 valence electrons. The summed E-state index contributed by atoms with van der Waals surface area (Å²) >= 11 is 0. The first-order valence-corrected chi connectivity index (χ1v) is 11.7. The number of pyridine rings is 1. The molecule has 3 heterocycles. The van der Waals surface area contributed by atoms with Crippen LogP contribution in [0.2, 0.25) is 0 Å². The number of nitrogens with one attached hydrogen (secondary N) is 2. The second-order valence-electron chi connectivity index (χ2n) is 10.7. The summed E-state index contributed by atoms with van der Waals surface area (Å²) in [4.78, 5) is 48.5. The lowest BCUT2D eigenvalue weighted by Gasteiger charge is -2.43. The number of rotatable bonds is 6. The van der Waals surface area contributed by atoms with Gasteiger partial charge < -0.3 is 15.2 Å². The van der Waals surface area contributed by atoms with Gasteiger partial charge in [-0.3, -0.25) is 19.5 Å². The number of amides is 4. The molecule has 3 atom stereocenters. The third-order valence-electron chi connectivity index (χ3n) is 6.54. The largest absolute Gasteiger partial charge is 0.342 e. The Morgan fingerprint density at radius 1 is 1.32 bits per heavy atom. The summed E-state index contributed by atoms with van der Waals surface area (Å²) in [5.74, 6) is 0.0412. The lowest BCUT2D eigenvalue weighted by Crippen LogP contribution is -2.54. The monoisotopic (exact) mass is 468 g/mol. The predicted molar refractivity (Wildman–Crippen MR) is 123 cm³/mol. The molecule has 1 aliphatic carbocycles. The second kappa shape index (κ2) is 8.81. The van der Waals surface area contributed by atoms with Crippen LogP contribution in [0.4, 0.5) is 4.79 Å². The maximum atomic E-state index is 13.3. The van der Waals surface area contributed by atoms with Crippen molar-refractivity contribution in [3.63, 3.8) is 0 Å². The molecule has 3 unspecified atom stereocenters. The molecule has 1 spiro atoms. The molecule has 2 aliphatic rings. The molecular weight excluding hydrogens is 436 g/mol. The minimum Gasteiger partial charge on any atom is -0.342 e. The van der Waals surface area contributed by atoms with Crippen molar-refractivity contribution in [2.24, 2.45) is 17.3 Å². The second-order valence-corrected chi connectivity index (χ2v) is 10.7. The van der Waals surface area contributed by atoms with Gasteiger partial charge >= 0.3 is 6.03 Å². The number of urea groups is 1. The number of carbonyl (C=O) groups excluding carboxylic acids is 3. The smallest absolute Gasteiger partial charge is 0.325 e. The minimum absolute atomic E-state index is 0.0689. The molecule has 2 aromatic heterocycles. The number of hydrogen-bond acceptors (Lipinski definition) is 7. The number of nitrogens with zero attached hydrogens (tertiary/aromatic N) is 4. The van der Waals surface area contributed by atoms with Crippen molar-refractivity contribution in [2.45, 2.75) is 65.5 Å². The molecule has 1 saturated heterocycles. The minimum atomic E-state index is -0.943. The number of imide groups is 1. The van der Waals surface area contributed by atoms with E-state index in [9.17, 15) is 14.4 Å². The van der Waals surface area contributed by atoms with Gasteiger partial charge in [0.05, 0.1) is 0 Å². The maximum Gasteiger partial charge on any atom is 0.325 e. The van der Waals surface area contributed by atoms with Crippen molar-refractivity contribution in [2.75, 3.05) is 6.54 Å². The average molecular weight is 469 g/mol. The van der Waals surface area contributed by atoms with Crippen molar-refractivity contribution in [1.82, 2.24) is 30.7 Å². The Labute approximate surface area is 198 Å². The maximum absolute atomic E-state index is 13.3. The number of carbonyl (C=O) groups is 3. The topological polar surface area (TPSA) is 130 Å². The fraction of sp³-hybridized carbons (Fsp3) is 0.583. The molecule has 1 aliphatic heterocycles. The molecule has 1 saturated carbocycles. The highest BCUT2D eigenvalue weighted by Crippen LogP contribution is 2.46. The lowest BCUT2D eigenvalue weighted by molar-refractivity contribution is -0.137. The van der Waals surface area contributed by atoms with E-state index in [-0.39, 0.29) is 29.7 Å². The molecule has 10 nitrogen and oxygen atoms in total. The van der Waals surface area contributed by atoms with Crippen LogP contribution in [-0.4, -0.2) is 50.0 Å². The van der Waals surface area contributed by atoms with Gasteiger partial charge in [0.15, 0.2) is 0 Å². The third kappa shape index (κ3) is 4.67. The predicted octanol–water partition coefficient (Wildman–Crippen LogP) is 3.08. The fourth-order valence-corrected chi connectivity index (χ4v) is 5.50. The molecule has 2 fully saturated rings. The van der Waals surface area contributed by atoms with E-state index in [0.717, 1.165) is 11.3 Å². The Kier molecular flexibility index (Phi) is 6.18. The molecule has 2 N–H and O–H groups in total. The van der Waals surface area contributed by atoms with Crippen molar-refractivity contribution in [1.29, 1.82) is 0 Å². The first-order valence-electron chi connectivity index (χ1n) is 11.7. The summed E-state index contributed by atoms with van der Waals surface area (Å²) in [7, 11) is 0. The van der Waals surface area contributed by atoms with Crippen LogP contribution in [0.5, 0.6) is 0 Å². The van der Waals surface area contributed by atoms with Crippen LogP contribution in [0.1, 0.15) is 65.8 Å². The molecule has 2 aromatic rings. The highest BCUT2D eigenvalue weighted by atomic mass is 16.5. The van der Waals surface area contributed by atoms with E-state index < -0.39 is 23.5 Å². The SMILES string of the molecule is CC1CC(C)(C)CC2(C1)NC(=O)N(CC(=O)NC(c1nc(-c3cccnc3)no1)C(C)C)C2=O. The van der Waals surface area contributed by atoms with Crippen molar-refractivity contribution in [3.8, 4) is 11.4 Å². The van der Waals surface area contributed by atoms with Crippen LogP contribution in [-0.2, 0) is 9.59 Å². The first-order chi connectivity index (χ1) is 16.0. The van der Waals surface area contributed by atoms with Crippen molar-refractivity contribution < 1.29 is 18.9 Å². The molecule has 4 amide bonds. The van der Waals surface area contributed by atoms with E-state index in [0.29, 0.717) is 30.1 Å². The van der Waals surface area contributed by atoms with Crippen LogP contribution >= 0.6 is 0 Å². The van der Waals surface area contributed by atoms with Crippen molar-refractivity contribution >= 4 is 17.8 Å². The summed E-state index contributed by atoms with van der Waals surface area (Å²) in [6.45, 7) is 9.76. The van der Waals surface area contributed by atoms with Gasteiger partial charge in [0.1, 0.15) is 18.1 Å². The zero-order valence-electron chi connectivity index (χ0n) is 20.3. The summed E-state index contributed by atoms with van der Waals surface area (Å²) in [6, 6.07) is 2.48. The molecule has 0 aromatic carbocycles. The summed E-state index contributed by atoms with van der Waals surface area (Å²) in [5, 5.41) is 9.75. The van der Waals surface area contributed by atoms with Gasteiger partial charge in [0.25, 0.3) is 5.91 Å². The lowest BCUT2D eigenvalue weighted by atomic mass is 9.64. The average Bonchev–Trinajstić information content (AvgIpc) is 3.31. The van der Waals surface area contributed by atoms with Crippen LogP contribution in [0.15, 0.2) is 29.0 Å². The van der Waals surface area contributed by atoms with Gasteiger partial charge in [-0.25, -0.2) is 4.79 Å². The van der Waals surface area contributed by atoms with Crippen LogP contribution < -0.4 is 10.6 Å². The van der Waals surface area contributed by atoms with Gasteiger partial charge in [0, 0.05) is 18.0 Å². The van der Waals surface area contributed by atoms with E-state index >= 15 is 0 Å². The normalized spacial score (nSPS) is 25.0. The van der Waals surface area contributed by atoms with Crippen LogP contribution in [0, 0.1) is 17.3 Å². The fourth-order valence-electron chi connectivity index (χ4n) is 5.50. The standard InChI is InChI=1S/C24H32N6O4/c1-14(2)18(20-27-19(29-34-20)16-7-6-8-25-11-16)26-17(31)12-30-21(32)24(28-22(30)33)10-15(3)9-23(4,5)13-24/h6-8,11,14-15,18H,9-10,12-13H2,1-5H3,(H,26,31)(H,28,33). The molecule has 0 bridgehead atoms. The highest BCUT2D eigenvalue weighted by Gasteiger charge is 2.56. The van der Waals surface area contributed by atoms with Gasteiger partial charge in [-0.15, -0.1) is 0 Å². The molecule has 0 radical (unpaired) electrons.